The zero-order valence-corrected chi connectivity index (χ0v) is 14.4. The number of hydrogen-bond acceptors (Lipinski definition) is 9. The number of carbonyl (C=O) groups is 5. The molecule has 0 aliphatic rings. The lowest BCUT2D eigenvalue weighted by molar-refractivity contribution is -0.139. The van der Waals surface area contributed by atoms with Gasteiger partial charge in [0.05, 0.1) is 6.61 Å². The van der Waals surface area contributed by atoms with E-state index in [0.717, 1.165) is 0 Å². The lowest BCUT2D eigenvalue weighted by Gasteiger charge is -2.18. The molecule has 0 bridgehead atoms. The minimum atomic E-state index is -1.66. The van der Waals surface area contributed by atoms with Crippen molar-refractivity contribution in [3.05, 3.63) is 0 Å². The first-order chi connectivity index (χ1) is 12.1. The van der Waals surface area contributed by atoms with E-state index in [9.17, 15) is 29.1 Å². The number of nitrogens with two attached hydrogens (primary N) is 1. The van der Waals surface area contributed by atoms with Crippen molar-refractivity contribution in [2.24, 2.45) is 5.73 Å². The number of hydrogen-bond donors (Lipinski definition) is 7. The van der Waals surface area contributed by atoms with E-state index < -0.39 is 60.2 Å². The summed E-state index contributed by atoms with van der Waals surface area (Å²) in [6, 6.07) is -2.58. The number of rotatable bonds is 12. The first kappa shape index (κ1) is 23.8. The second-order valence-corrected chi connectivity index (χ2v) is 6.07. The van der Waals surface area contributed by atoms with Gasteiger partial charge >= 0.3 is 11.9 Å². The molecule has 3 atom stereocenters. The summed E-state index contributed by atoms with van der Waals surface area (Å²) in [4.78, 5) is 56.3. The summed E-state index contributed by atoms with van der Waals surface area (Å²) in [5.74, 6) is -4.57. The Kier molecular flexibility index (Phi) is 11.1. The Morgan fingerprint density at radius 1 is 1.12 bits per heavy atom. The second-order valence-electron chi connectivity index (χ2n) is 5.04. The van der Waals surface area contributed by atoms with Gasteiger partial charge in [-0.05, 0) is 6.42 Å². The molecular weight excluding hydrogens is 374 g/mol. The summed E-state index contributed by atoms with van der Waals surface area (Å²) < 4.78 is 0. The van der Waals surface area contributed by atoms with Gasteiger partial charge in [-0.3, -0.25) is 24.0 Å². The van der Waals surface area contributed by atoms with Crippen LogP contribution in [-0.4, -0.2) is 86.4 Å². The normalized spacial score (nSPS) is 14.0. The van der Waals surface area contributed by atoms with Gasteiger partial charge in [0.1, 0.15) is 24.7 Å². The fourth-order valence-corrected chi connectivity index (χ4v) is 2.31. The Morgan fingerprint density at radius 3 is 2.23 bits per heavy atom. The fourth-order valence-electron chi connectivity index (χ4n) is 1.48. The molecule has 0 saturated heterocycles. The van der Waals surface area contributed by atoms with E-state index in [4.69, 9.17) is 21.1 Å². The summed E-state index contributed by atoms with van der Waals surface area (Å²) in [6.07, 6.45) is -2.17. The van der Waals surface area contributed by atoms with E-state index >= 15 is 0 Å². The molecule has 0 saturated carbocycles. The highest BCUT2D eigenvalue weighted by Gasteiger charge is 2.25. The monoisotopic (exact) mass is 395 g/mol. The van der Waals surface area contributed by atoms with Crippen LogP contribution in [0.25, 0.3) is 0 Å². The standard InChI is InChI=1S/C13H21N3O9S/c14-6(12(23)24)1-2-9(19)16-7(11(22)15-3-10(20)21)5-26-13(25)8(18)4-17/h6-8,17-18H,1-5,14H2,(H,15,22)(H,16,19)(H,20,21)(H,23,24)/t6-,7-,8?/m0/s1. The molecule has 8 N–H and O–H groups in total. The molecule has 1 unspecified atom stereocenters. The van der Waals surface area contributed by atoms with E-state index in [0.29, 0.717) is 11.8 Å². The van der Waals surface area contributed by atoms with Crippen molar-refractivity contribution in [1.82, 2.24) is 10.6 Å². The van der Waals surface area contributed by atoms with Crippen LogP contribution < -0.4 is 16.4 Å². The minimum Gasteiger partial charge on any atom is -0.480 e. The third-order valence-electron chi connectivity index (χ3n) is 2.90. The maximum Gasteiger partial charge on any atom is 0.322 e. The lowest BCUT2D eigenvalue weighted by atomic mass is 10.1. The number of amides is 2. The van der Waals surface area contributed by atoms with Crippen LogP contribution in [0.1, 0.15) is 12.8 Å². The van der Waals surface area contributed by atoms with Gasteiger partial charge < -0.3 is 36.8 Å². The molecule has 26 heavy (non-hydrogen) atoms. The van der Waals surface area contributed by atoms with Gasteiger partial charge in [0.15, 0.2) is 0 Å². The third kappa shape index (κ3) is 9.93. The maximum atomic E-state index is 11.9. The number of carbonyl (C=O) groups excluding carboxylic acids is 3. The molecule has 0 aromatic heterocycles. The lowest BCUT2D eigenvalue weighted by Crippen LogP contribution is -2.49. The van der Waals surface area contributed by atoms with E-state index in [1.807, 2.05) is 5.32 Å². The van der Waals surface area contributed by atoms with Crippen molar-refractivity contribution in [1.29, 1.82) is 0 Å². The predicted molar refractivity (Wildman–Crippen MR) is 88.0 cm³/mol. The third-order valence-corrected chi connectivity index (χ3v) is 3.96. The highest BCUT2D eigenvalue weighted by atomic mass is 32.2. The quantitative estimate of drug-likeness (QED) is 0.172. The van der Waals surface area contributed by atoms with Crippen molar-refractivity contribution < 1.29 is 44.4 Å². The number of nitrogens with one attached hydrogen (secondary N) is 2. The molecule has 0 heterocycles. The average Bonchev–Trinajstić information content (AvgIpc) is 2.59. The van der Waals surface area contributed by atoms with E-state index in [1.165, 1.54) is 0 Å². The average molecular weight is 395 g/mol. The van der Waals surface area contributed by atoms with Crippen LogP contribution in [0.15, 0.2) is 0 Å². The SMILES string of the molecule is N[C@@H](CCC(=O)N[C@@H](CSC(=O)C(O)CO)C(=O)NCC(=O)O)C(=O)O. The van der Waals surface area contributed by atoms with Crippen LogP contribution in [0, 0.1) is 0 Å². The van der Waals surface area contributed by atoms with Crippen molar-refractivity contribution in [2.45, 2.75) is 31.0 Å². The molecule has 0 rings (SSSR count). The van der Waals surface area contributed by atoms with Gasteiger partial charge in [0.25, 0.3) is 0 Å². The predicted octanol–water partition coefficient (Wildman–Crippen LogP) is -3.52. The van der Waals surface area contributed by atoms with Crippen molar-refractivity contribution in [3.8, 4) is 0 Å². The van der Waals surface area contributed by atoms with E-state index in [1.54, 1.807) is 0 Å². The molecule has 0 aromatic rings. The molecule has 0 radical (unpaired) electrons. The molecule has 0 spiro atoms. The largest absolute Gasteiger partial charge is 0.480 e. The number of thioether (sulfide) groups is 1. The smallest absolute Gasteiger partial charge is 0.322 e. The van der Waals surface area contributed by atoms with Gasteiger partial charge in [0, 0.05) is 12.2 Å². The summed E-state index contributed by atoms with van der Waals surface area (Å²) in [5.41, 5.74) is 5.26. The minimum absolute atomic E-state index is 0.195. The Morgan fingerprint density at radius 2 is 1.73 bits per heavy atom. The van der Waals surface area contributed by atoms with Gasteiger partial charge in [-0.25, -0.2) is 0 Å². The van der Waals surface area contributed by atoms with Crippen LogP contribution in [0.5, 0.6) is 0 Å². The van der Waals surface area contributed by atoms with Crippen LogP contribution >= 0.6 is 11.8 Å². The molecule has 0 aliphatic heterocycles. The van der Waals surface area contributed by atoms with E-state index in [2.05, 4.69) is 5.32 Å². The number of carboxylic acids is 2. The summed E-state index contributed by atoms with van der Waals surface area (Å²) in [5, 5.41) is 38.5. The fraction of sp³-hybridized carbons (Fsp3) is 0.615. The van der Waals surface area contributed by atoms with Crippen LogP contribution in [-0.2, 0) is 24.0 Å². The Balaban J connectivity index is 4.77. The first-order valence-electron chi connectivity index (χ1n) is 7.31. The zero-order chi connectivity index (χ0) is 20.3. The number of aliphatic hydroxyl groups excluding tert-OH is 2. The first-order valence-corrected chi connectivity index (χ1v) is 8.29. The van der Waals surface area contributed by atoms with Crippen molar-refractivity contribution >= 4 is 40.6 Å². The van der Waals surface area contributed by atoms with Gasteiger partial charge in [-0.1, -0.05) is 11.8 Å². The zero-order valence-electron chi connectivity index (χ0n) is 13.6. The molecule has 0 aromatic carbocycles. The number of aliphatic carboxylic acids is 2. The Labute approximate surface area is 152 Å². The molecule has 13 heteroatoms. The molecular formula is C13H21N3O9S. The number of aliphatic hydroxyl groups is 2. The van der Waals surface area contributed by atoms with Gasteiger partial charge in [-0.15, -0.1) is 0 Å². The molecule has 2 amide bonds. The van der Waals surface area contributed by atoms with Gasteiger partial charge in [0.2, 0.25) is 16.9 Å². The van der Waals surface area contributed by atoms with Crippen molar-refractivity contribution in [3.63, 3.8) is 0 Å². The topological polar surface area (TPSA) is 216 Å². The summed E-state index contributed by atoms with van der Waals surface area (Å²) >= 11 is 0.460. The van der Waals surface area contributed by atoms with Crippen molar-refractivity contribution in [2.75, 3.05) is 18.9 Å². The van der Waals surface area contributed by atoms with Crippen LogP contribution in [0.2, 0.25) is 0 Å². The molecule has 12 nitrogen and oxygen atoms in total. The van der Waals surface area contributed by atoms with Crippen LogP contribution in [0.3, 0.4) is 0 Å². The second kappa shape index (κ2) is 12.2. The Bertz CT molecular complexity index is 543. The maximum absolute atomic E-state index is 11.9. The van der Waals surface area contributed by atoms with E-state index in [-0.39, 0.29) is 18.6 Å². The highest BCUT2D eigenvalue weighted by Crippen LogP contribution is 2.09. The molecule has 148 valence electrons. The van der Waals surface area contributed by atoms with Crippen LogP contribution in [0.4, 0.5) is 0 Å². The summed E-state index contributed by atoms with van der Waals surface area (Å²) in [6.45, 7) is -1.53. The molecule has 0 aliphatic carbocycles. The Hall–Kier alpha value is -2.22. The highest BCUT2D eigenvalue weighted by molar-refractivity contribution is 8.13. The van der Waals surface area contributed by atoms with Gasteiger partial charge in [-0.2, -0.15) is 0 Å². The number of carboxylic acid groups (broad SMARTS) is 2. The summed E-state index contributed by atoms with van der Waals surface area (Å²) in [7, 11) is 0. The molecule has 0 fully saturated rings.